The SMILES string of the molecule is CC(C)(C)Oc1cc(C(=O)O)ccc1OC(F)(F)F. The van der Waals surface area contributed by atoms with E-state index >= 15 is 0 Å². The molecule has 106 valence electrons. The summed E-state index contributed by atoms with van der Waals surface area (Å²) in [6.45, 7) is 4.87. The lowest BCUT2D eigenvalue weighted by Crippen LogP contribution is -2.25. The van der Waals surface area contributed by atoms with Crippen LogP contribution in [0.15, 0.2) is 18.2 Å². The van der Waals surface area contributed by atoms with Crippen LogP contribution in [0.5, 0.6) is 11.5 Å². The van der Waals surface area contributed by atoms with E-state index in [1.54, 1.807) is 20.8 Å². The predicted octanol–water partition coefficient (Wildman–Crippen LogP) is 3.46. The van der Waals surface area contributed by atoms with Crippen LogP contribution in [0.3, 0.4) is 0 Å². The highest BCUT2D eigenvalue weighted by atomic mass is 19.4. The first-order chi connectivity index (χ1) is 8.48. The summed E-state index contributed by atoms with van der Waals surface area (Å²) >= 11 is 0. The van der Waals surface area contributed by atoms with Crippen LogP contribution in [0.1, 0.15) is 31.1 Å². The molecule has 0 amide bonds. The molecule has 1 rings (SSSR count). The molecule has 4 nitrogen and oxygen atoms in total. The maximum atomic E-state index is 12.2. The fraction of sp³-hybridized carbons (Fsp3) is 0.417. The Bertz CT molecular complexity index is 475. The molecule has 7 heteroatoms. The van der Waals surface area contributed by atoms with E-state index in [0.29, 0.717) is 0 Å². The van der Waals surface area contributed by atoms with E-state index < -0.39 is 23.7 Å². The maximum absolute atomic E-state index is 12.2. The zero-order valence-corrected chi connectivity index (χ0v) is 10.5. The van der Waals surface area contributed by atoms with Crippen LogP contribution in [0.4, 0.5) is 13.2 Å². The van der Waals surface area contributed by atoms with Crippen LogP contribution >= 0.6 is 0 Å². The summed E-state index contributed by atoms with van der Waals surface area (Å²) < 4.78 is 45.7. The smallest absolute Gasteiger partial charge is 0.484 e. The average molecular weight is 278 g/mol. The minimum Gasteiger partial charge on any atom is -0.484 e. The maximum Gasteiger partial charge on any atom is 0.573 e. The van der Waals surface area contributed by atoms with Gasteiger partial charge in [0.25, 0.3) is 0 Å². The monoisotopic (exact) mass is 278 g/mol. The third-order valence-electron chi connectivity index (χ3n) is 1.83. The van der Waals surface area contributed by atoms with E-state index in [1.807, 2.05) is 0 Å². The molecule has 0 aromatic heterocycles. The van der Waals surface area contributed by atoms with Crippen molar-refractivity contribution >= 4 is 5.97 Å². The van der Waals surface area contributed by atoms with E-state index in [9.17, 15) is 18.0 Å². The number of rotatable bonds is 3. The van der Waals surface area contributed by atoms with Crippen LogP contribution in [0.25, 0.3) is 0 Å². The number of hydrogen-bond donors (Lipinski definition) is 1. The first-order valence-corrected chi connectivity index (χ1v) is 5.30. The van der Waals surface area contributed by atoms with Crippen LogP contribution in [0, 0.1) is 0 Å². The summed E-state index contributed by atoms with van der Waals surface area (Å²) in [6, 6.07) is 2.92. The summed E-state index contributed by atoms with van der Waals surface area (Å²) in [5.74, 6) is -2.12. The van der Waals surface area contributed by atoms with E-state index in [1.165, 1.54) is 0 Å². The quantitative estimate of drug-likeness (QED) is 0.919. The number of hydrogen-bond acceptors (Lipinski definition) is 3. The topological polar surface area (TPSA) is 55.8 Å². The molecule has 0 radical (unpaired) electrons. The largest absolute Gasteiger partial charge is 0.573 e. The highest BCUT2D eigenvalue weighted by Gasteiger charge is 2.33. The zero-order valence-electron chi connectivity index (χ0n) is 10.5. The fourth-order valence-corrected chi connectivity index (χ4v) is 1.26. The van der Waals surface area contributed by atoms with Crippen molar-refractivity contribution in [3.05, 3.63) is 23.8 Å². The second-order valence-electron chi connectivity index (χ2n) is 4.73. The van der Waals surface area contributed by atoms with Gasteiger partial charge in [-0.3, -0.25) is 0 Å². The Morgan fingerprint density at radius 3 is 2.11 bits per heavy atom. The molecule has 0 bridgehead atoms. The molecule has 0 heterocycles. The summed E-state index contributed by atoms with van der Waals surface area (Å²) in [4.78, 5) is 10.8. The molecule has 1 aromatic rings. The Kier molecular flexibility index (Phi) is 3.97. The van der Waals surface area contributed by atoms with Gasteiger partial charge >= 0.3 is 12.3 Å². The van der Waals surface area contributed by atoms with Gasteiger partial charge in [-0.25, -0.2) is 4.79 Å². The summed E-state index contributed by atoms with van der Waals surface area (Å²) in [6.07, 6.45) is -4.87. The Hall–Kier alpha value is -1.92. The van der Waals surface area contributed by atoms with Gasteiger partial charge in [-0.05, 0) is 39.0 Å². The van der Waals surface area contributed by atoms with Crippen LogP contribution in [-0.2, 0) is 0 Å². The number of carboxylic acids is 1. The van der Waals surface area contributed by atoms with Crippen LogP contribution in [-0.4, -0.2) is 23.0 Å². The Morgan fingerprint density at radius 1 is 1.11 bits per heavy atom. The second kappa shape index (κ2) is 4.99. The van der Waals surface area contributed by atoms with Crippen molar-refractivity contribution in [3.8, 4) is 11.5 Å². The lowest BCUT2D eigenvalue weighted by atomic mass is 10.1. The van der Waals surface area contributed by atoms with Crippen molar-refractivity contribution in [1.29, 1.82) is 0 Å². The van der Waals surface area contributed by atoms with Crippen molar-refractivity contribution in [2.75, 3.05) is 0 Å². The van der Waals surface area contributed by atoms with Gasteiger partial charge in [-0.2, -0.15) is 0 Å². The Labute approximate surface area is 107 Å². The van der Waals surface area contributed by atoms with Gasteiger partial charge in [-0.15, -0.1) is 13.2 Å². The van der Waals surface area contributed by atoms with Crippen LogP contribution in [0.2, 0.25) is 0 Å². The van der Waals surface area contributed by atoms with Crippen LogP contribution < -0.4 is 9.47 Å². The number of halogens is 3. The van der Waals surface area contributed by atoms with Gasteiger partial charge in [0.1, 0.15) is 5.60 Å². The van der Waals surface area contributed by atoms with Gasteiger partial charge in [0, 0.05) is 0 Å². The van der Waals surface area contributed by atoms with Gasteiger partial charge in [0.2, 0.25) is 0 Å². The number of ether oxygens (including phenoxy) is 2. The lowest BCUT2D eigenvalue weighted by Gasteiger charge is -2.23. The molecule has 1 aromatic carbocycles. The Balaban J connectivity index is 3.19. The summed E-state index contributed by atoms with van der Waals surface area (Å²) in [7, 11) is 0. The highest BCUT2D eigenvalue weighted by molar-refractivity contribution is 5.88. The molecule has 0 aliphatic carbocycles. The van der Waals surface area contributed by atoms with Gasteiger partial charge in [-0.1, -0.05) is 0 Å². The molecule has 0 saturated carbocycles. The molecule has 19 heavy (non-hydrogen) atoms. The highest BCUT2D eigenvalue weighted by Crippen LogP contribution is 2.35. The number of benzene rings is 1. The average Bonchev–Trinajstić information content (AvgIpc) is 2.15. The predicted molar refractivity (Wildman–Crippen MR) is 60.5 cm³/mol. The van der Waals surface area contributed by atoms with Crippen molar-refractivity contribution in [1.82, 2.24) is 0 Å². The summed E-state index contributed by atoms with van der Waals surface area (Å²) in [5.41, 5.74) is -0.977. The number of aromatic carboxylic acids is 1. The molecular formula is C12H13F3O4. The minimum atomic E-state index is -4.87. The fourth-order valence-electron chi connectivity index (χ4n) is 1.26. The first-order valence-electron chi connectivity index (χ1n) is 5.30. The molecule has 1 N–H and O–H groups in total. The van der Waals surface area contributed by atoms with Gasteiger partial charge in [0.15, 0.2) is 11.5 Å². The number of carboxylic acid groups (broad SMARTS) is 1. The van der Waals surface area contributed by atoms with E-state index in [-0.39, 0.29) is 11.3 Å². The van der Waals surface area contributed by atoms with Crippen molar-refractivity contribution < 1.29 is 32.5 Å². The summed E-state index contributed by atoms with van der Waals surface area (Å²) in [5, 5.41) is 8.81. The third kappa shape index (κ3) is 5.07. The van der Waals surface area contributed by atoms with Crippen molar-refractivity contribution in [3.63, 3.8) is 0 Å². The van der Waals surface area contributed by atoms with E-state index in [2.05, 4.69) is 4.74 Å². The van der Waals surface area contributed by atoms with Gasteiger partial charge in [0.05, 0.1) is 5.56 Å². The molecule has 0 spiro atoms. The van der Waals surface area contributed by atoms with Crippen molar-refractivity contribution in [2.45, 2.75) is 32.7 Å². The molecule has 0 unspecified atom stereocenters. The second-order valence-corrected chi connectivity index (χ2v) is 4.73. The zero-order chi connectivity index (χ0) is 14.8. The van der Waals surface area contributed by atoms with E-state index in [0.717, 1.165) is 18.2 Å². The standard InChI is InChI=1S/C12H13F3O4/c1-11(2,3)18-9-6-7(10(16)17)4-5-8(9)19-12(13,14)15/h4-6H,1-3H3,(H,16,17). The molecule has 0 fully saturated rings. The third-order valence-corrected chi connectivity index (χ3v) is 1.83. The normalized spacial score (nSPS) is 12.1. The molecule has 0 atom stereocenters. The van der Waals surface area contributed by atoms with E-state index in [4.69, 9.17) is 9.84 Å². The lowest BCUT2D eigenvalue weighted by molar-refractivity contribution is -0.275. The van der Waals surface area contributed by atoms with Crippen molar-refractivity contribution in [2.24, 2.45) is 0 Å². The molecular weight excluding hydrogens is 265 g/mol. The molecule has 0 saturated heterocycles. The van der Waals surface area contributed by atoms with Gasteiger partial charge < -0.3 is 14.6 Å². The molecule has 0 aliphatic heterocycles. The molecule has 0 aliphatic rings. The number of alkyl halides is 3. The Morgan fingerprint density at radius 2 is 1.68 bits per heavy atom. The minimum absolute atomic E-state index is 0.186. The number of carbonyl (C=O) groups is 1. The first kappa shape index (κ1) is 15.1.